The number of benzene rings is 3. The highest BCUT2D eigenvalue weighted by Gasteiger charge is 2.32. The summed E-state index contributed by atoms with van der Waals surface area (Å²) < 4.78 is 53.8. The number of fused-ring (bicyclic) bond motifs is 2. The van der Waals surface area contributed by atoms with Crippen LogP contribution in [-0.2, 0) is 0 Å². The summed E-state index contributed by atoms with van der Waals surface area (Å²) in [6.45, 7) is 1.62. The number of unbranched alkanes of at least 4 members (excludes halogenated alkanes) is 2. The number of aliphatic imine (C=N–C) groups is 1. The van der Waals surface area contributed by atoms with Crippen LogP contribution in [0, 0.1) is 5.82 Å². The molecular formula is C33H37FN2O8. The molecule has 1 fully saturated rings. The summed E-state index contributed by atoms with van der Waals surface area (Å²) in [5, 5.41) is 0. The second-order valence-corrected chi connectivity index (χ2v) is 10.3. The molecule has 0 radical (unpaired) electrons. The van der Waals surface area contributed by atoms with Gasteiger partial charge in [-0.3, -0.25) is 9.79 Å². The van der Waals surface area contributed by atoms with Gasteiger partial charge in [0.05, 0.1) is 58.9 Å². The van der Waals surface area contributed by atoms with Gasteiger partial charge >= 0.3 is 0 Å². The molecule has 0 N–H and O–H groups in total. The molecule has 0 spiro atoms. The van der Waals surface area contributed by atoms with Crippen LogP contribution in [0.25, 0.3) is 0 Å². The summed E-state index contributed by atoms with van der Waals surface area (Å²) >= 11 is 0. The number of amides is 1. The lowest BCUT2D eigenvalue weighted by atomic mass is 10.1. The van der Waals surface area contributed by atoms with Crippen LogP contribution in [0.15, 0.2) is 47.5 Å². The highest BCUT2D eigenvalue weighted by atomic mass is 19.1. The third kappa shape index (κ3) is 6.77. The molecule has 0 aromatic heterocycles. The number of halogens is 1. The zero-order chi connectivity index (χ0) is 31.1. The molecule has 1 amide bonds. The minimum absolute atomic E-state index is 0.0227. The summed E-state index contributed by atoms with van der Waals surface area (Å²) in [5.74, 6) is 2.46. The zero-order valence-electron chi connectivity index (χ0n) is 25.4. The smallest absolute Gasteiger partial charge is 0.256 e. The standard InChI is InChI=1S/C33H37FN2O8/c1-38-28-18-24-26(35-20-21-9-8-12-36(21)33(24)37)19-29(28)43-14-7-5-6-13-42-22-10-11-27(25(34)15-22)44-23-16-30(39-2)32(41-4)31(17-23)40-3/h10-11,15-21H,5-9,12-14H2,1-4H3/t21-/m0/s1. The van der Waals surface area contributed by atoms with E-state index in [1.165, 1.54) is 33.5 Å². The molecule has 5 rings (SSSR count). The Morgan fingerprint density at radius 3 is 2.20 bits per heavy atom. The molecule has 44 heavy (non-hydrogen) atoms. The largest absolute Gasteiger partial charge is 0.493 e. The highest BCUT2D eigenvalue weighted by molar-refractivity contribution is 6.03. The van der Waals surface area contributed by atoms with Gasteiger partial charge in [0.2, 0.25) is 5.75 Å². The quantitative estimate of drug-likeness (QED) is 0.189. The van der Waals surface area contributed by atoms with Gasteiger partial charge in [0.15, 0.2) is 34.6 Å². The first kappa shape index (κ1) is 30.8. The lowest BCUT2D eigenvalue weighted by Gasteiger charge is -2.20. The van der Waals surface area contributed by atoms with E-state index in [1.807, 2.05) is 11.1 Å². The van der Waals surface area contributed by atoms with Crippen LogP contribution in [0.5, 0.6) is 46.0 Å². The fourth-order valence-electron chi connectivity index (χ4n) is 5.27. The summed E-state index contributed by atoms with van der Waals surface area (Å²) in [7, 11) is 6.05. The van der Waals surface area contributed by atoms with Gasteiger partial charge in [0.1, 0.15) is 11.5 Å². The third-order valence-electron chi connectivity index (χ3n) is 7.54. The molecule has 2 heterocycles. The van der Waals surface area contributed by atoms with E-state index in [4.69, 9.17) is 33.2 Å². The average Bonchev–Trinajstić information content (AvgIpc) is 3.47. The van der Waals surface area contributed by atoms with Crippen molar-refractivity contribution in [3.8, 4) is 46.0 Å². The van der Waals surface area contributed by atoms with Gasteiger partial charge in [-0.05, 0) is 50.3 Å². The van der Waals surface area contributed by atoms with E-state index in [9.17, 15) is 9.18 Å². The van der Waals surface area contributed by atoms with E-state index in [0.29, 0.717) is 64.7 Å². The van der Waals surface area contributed by atoms with Gasteiger partial charge in [-0.1, -0.05) is 0 Å². The maximum Gasteiger partial charge on any atom is 0.256 e. The molecule has 11 heteroatoms. The highest BCUT2D eigenvalue weighted by Crippen LogP contribution is 2.42. The number of rotatable bonds is 14. The Kier molecular flexibility index (Phi) is 9.93. The van der Waals surface area contributed by atoms with E-state index >= 15 is 0 Å². The first-order valence-corrected chi connectivity index (χ1v) is 14.6. The normalized spacial score (nSPS) is 15.2. The average molecular weight is 609 g/mol. The molecule has 2 aliphatic rings. The summed E-state index contributed by atoms with van der Waals surface area (Å²) in [6.07, 6.45) is 6.14. The zero-order valence-corrected chi connectivity index (χ0v) is 25.4. The lowest BCUT2D eigenvalue weighted by molar-refractivity contribution is 0.0774. The minimum Gasteiger partial charge on any atom is -0.493 e. The molecule has 10 nitrogen and oxygen atoms in total. The Labute approximate surface area is 256 Å². The molecule has 0 bridgehead atoms. The van der Waals surface area contributed by atoms with E-state index < -0.39 is 5.82 Å². The monoisotopic (exact) mass is 608 g/mol. The number of hydrogen-bond acceptors (Lipinski definition) is 9. The summed E-state index contributed by atoms with van der Waals surface area (Å²) in [4.78, 5) is 19.5. The van der Waals surface area contributed by atoms with Crippen molar-refractivity contribution in [1.29, 1.82) is 0 Å². The molecule has 1 atom stereocenters. The molecular weight excluding hydrogens is 571 g/mol. The molecule has 3 aromatic rings. The molecule has 1 saturated heterocycles. The van der Waals surface area contributed by atoms with Gasteiger partial charge in [-0.2, -0.15) is 0 Å². The first-order valence-electron chi connectivity index (χ1n) is 14.6. The maximum absolute atomic E-state index is 14.8. The van der Waals surface area contributed by atoms with Crippen LogP contribution in [0.4, 0.5) is 10.1 Å². The Morgan fingerprint density at radius 2 is 1.52 bits per heavy atom. The lowest BCUT2D eigenvalue weighted by Crippen LogP contribution is -2.35. The van der Waals surface area contributed by atoms with Gasteiger partial charge in [-0.25, -0.2) is 4.39 Å². The van der Waals surface area contributed by atoms with Crippen LogP contribution < -0.4 is 33.2 Å². The van der Waals surface area contributed by atoms with Crippen molar-refractivity contribution in [2.24, 2.45) is 4.99 Å². The van der Waals surface area contributed by atoms with Crippen molar-refractivity contribution in [2.75, 3.05) is 48.2 Å². The van der Waals surface area contributed by atoms with Crippen LogP contribution in [-0.4, -0.2) is 71.3 Å². The van der Waals surface area contributed by atoms with E-state index in [1.54, 1.807) is 37.4 Å². The number of carbonyl (C=O) groups is 1. The number of nitrogens with zero attached hydrogens (tertiary/aromatic N) is 2. The summed E-state index contributed by atoms with van der Waals surface area (Å²) in [6, 6.07) is 11.2. The van der Waals surface area contributed by atoms with Gasteiger partial charge in [-0.15, -0.1) is 0 Å². The third-order valence-corrected chi connectivity index (χ3v) is 7.54. The Bertz CT molecular complexity index is 1490. The Balaban J connectivity index is 1.08. The number of ether oxygens (including phenoxy) is 7. The SMILES string of the molecule is COc1cc2c(cc1OCCCCCOc1ccc(Oc3cc(OC)c(OC)c(OC)c3)c(F)c1)N=C[C@@H]1CCCN1C2=O. The maximum atomic E-state index is 14.8. The minimum atomic E-state index is -0.564. The van der Waals surface area contributed by atoms with Gasteiger partial charge < -0.3 is 38.1 Å². The van der Waals surface area contributed by atoms with Crippen molar-refractivity contribution in [3.05, 3.63) is 53.8 Å². The van der Waals surface area contributed by atoms with E-state index in [0.717, 1.165) is 38.6 Å². The first-order chi connectivity index (χ1) is 21.4. The van der Waals surface area contributed by atoms with E-state index in [2.05, 4.69) is 4.99 Å². The van der Waals surface area contributed by atoms with Crippen LogP contribution >= 0.6 is 0 Å². The van der Waals surface area contributed by atoms with Crippen molar-refractivity contribution in [3.63, 3.8) is 0 Å². The predicted molar refractivity (Wildman–Crippen MR) is 163 cm³/mol. The van der Waals surface area contributed by atoms with Crippen molar-refractivity contribution in [1.82, 2.24) is 4.90 Å². The van der Waals surface area contributed by atoms with Crippen LogP contribution in [0.3, 0.4) is 0 Å². The fourth-order valence-corrected chi connectivity index (χ4v) is 5.27. The number of hydrogen-bond donors (Lipinski definition) is 0. The Morgan fingerprint density at radius 1 is 0.795 bits per heavy atom. The van der Waals surface area contributed by atoms with Crippen molar-refractivity contribution >= 4 is 17.8 Å². The molecule has 234 valence electrons. The Hall–Kier alpha value is -4.67. The summed E-state index contributed by atoms with van der Waals surface area (Å²) in [5.41, 5.74) is 1.13. The number of carbonyl (C=O) groups excluding carboxylic acids is 1. The topological polar surface area (TPSA) is 97.3 Å². The molecule has 0 saturated carbocycles. The molecule has 3 aromatic carbocycles. The molecule has 2 aliphatic heterocycles. The molecule has 0 aliphatic carbocycles. The number of methoxy groups -OCH3 is 4. The fraction of sp³-hybridized carbons (Fsp3) is 0.394. The van der Waals surface area contributed by atoms with Crippen LogP contribution in [0.2, 0.25) is 0 Å². The van der Waals surface area contributed by atoms with E-state index in [-0.39, 0.29) is 17.7 Å². The second-order valence-electron chi connectivity index (χ2n) is 10.3. The van der Waals surface area contributed by atoms with Gasteiger partial charge in [0.25, 0.3) is 5.91 Å². The van der Waals surface area contributed by atoms with Gasteiger partial charge in [0, 0.05) is 37.0 Å². The predicted octanol–water partition coefficient (Wildman–Crippen LogP) is 6.60. The van der Waals surface area contributed by atoms with Crippen molar-refractivity contribution < 1.29 is 42.3 Å². The second kappa shape index (κ2) is 14.2. The van der Waals surface area contributed by atoms with Crippen LogP contribution in [0.1, 0.15) is 42.5 Å². The molecule has 0 unspecified atom stereocenters. The van der Waals surface area contributed by atoms with Crippen molar-refractivity contribution in [2.45, 2.75) is 38.1 Å².